The van der Waals surface area contributed by atoms with Crippen LogP contribution in [0.3, 0.4) is 0 Å². The molecule has 5 heteroatoms. The molecule has 1 amide bonds. The molecule has 1 fully saturated rings. The van der Waals surface area contributed by atoms with Crippen LogP contribution in [0.25, 0.3) is 0 Å². The minimum atomic E-state index is -0.922. The largest absolute Gasteiger partial charge is 0.481 e. The minimum Gasteiger partial charge on any atom is -0.481 e. The highest BCUT2D eigenvalue weighted by atomic mass is 16.4. The van der Waals surface area contributed by atoms with Gasteiger partial charge in [-0.25, -0.2) is 0 Å². The number of carbonyl (C=O) groups is 3. The van der Waals surface area contributed by atoms with Gasteiger partial charge in [0.15, 0.2) is 5.78 Å². The van der Waals surface area contributed by atoms with Gasteiger partial charge < -0.3 is 10.4 Å². The average molecular weight is 299 g/mol. The number of carboxylic acid groups (broad SMARTS) is 1. The highest BCUT2D eigenvalue weighted by Crippen LogP contribution is 2.48. The first kappa shape index (κ1) is 14.5. The molecule has 0 spiro atoms. The van der Waals surface area contributed by atoms with E-state index in [-0.39, 0.29) is 23.5 Å². The van der Waals surface area contributed by atoms with E-state index in [0.29, 0.717) is 11.3 Å². The molecule has 5 nitrogen and oxygen atoms in total. The van der Waals surface area contributed by atoms with E-state index < -0.39 is 17.8 Å². The van der Waals surface area contributed by atoms with Gasteiger partial charge >= 0.3 is 5.97 Å². The maximum absolute atomic E-state index is 12.5. The number of rotatable bonds is 4. The van der Waals surface area contributed by atoms with E-state index in [4.69, 9.17) is 0 Å². The summed E-state index contributed by atoms with van der Waals surface area (Å²) < 4.78 is 0. The van der Waals surface area contributed by atoms with E-state index in [9.17, 15) is 19.5 Å². The molecule has 2 N–H and O–H groups in total. The van der Waals surface area contributed by atoms with Crippen LogP contribution >= 0.6 is 0 Å². The number of amides is 1. The SMILES string of the molecule is CC(=O)c1cccc(NC(=O)[C@H]2[C@@H](C(=O)O)[C@H]3C=C[C@@H]2C3)c1. The summed E-state index contributed by atoms with van der Waals surface area (Å²) in [5.74, 6) is -2.56. The Bertz CT molecular complexity index is 679. The standard InChI is InChI=1S/C17H17NO4/c1-9(19)10-3-2-4-13(8-10)18-16(20)14-11-5-6-12(7-11)15(14)17(21)22/h2-6,8,11-12,14-15H,7H2,1H3,(H,18,20)(H,21,22)/t11-,12+,14-,15+/m1/s1. The molecule has 0 aliphatic heterocycles. The molecular formula is C17H17NO4. The third kappa shape index (κ3) is 2.43. The van der Waals surface area contributed by atoms with Crippen molar-refractivity contribution in [3.8, 4) is 0 Å². The Morgan fingerprint density at radius 2 is 1.82 bits per heavy atom. The highest BCUT2D eigenvalue weighted by molar-refractivity contribution is 5.99. The lowest BCUT2D eigenvalue weighted by Gasteiger charge is -2.23. The quantitative estimate of drug-likeness (QED) is 0.660. The van der Waals surface area contributed by atoms with Crippen molar-refractivity contribution in [2.45, 2.75) is 13.3 Å². The summed E-state index contributed by atoms with van der Waals surface area (Å²) in [7, 11) is 0. The fourth-order valence-electron chi connectivity index (χ4n) is 3.56. The predicted octanol–water partition coefficient (Wildman–Crippen LogP) is 2.35. The van der Waals surface area contributed by atoms with Crippen LogP contribution in [-0.4, -0.2) is 22.8 Å². The molecule has 3 rings (SSSR count). The summed E-state index contributed by atoms with van der Waals surface area (Å²) in [5.41, 5.74) is 1.04. The fraction of sp³-hybridized carbons (Fsp3) is 0.353. The van der Waals surface area contributed by atoms with Crippen molar-refractivity contribution in [1.82, 2.24) is 0 Å². The van der Waals surface area contributed by atoms with Crippen LogP contribution in [0.15, 0.2) is 36.4 Å². The van der Waals surface area contributed by atoms with Crippen molar-refractivity contribution < 1.29 is 19.5 Å². The molecule has 0 saturated heterocycles. The first-order valence-electron chi connectivity index (χ1n) is 7.30. The number of carboxylic acids is 1. The minimum absolute atomic E-state index is 0.0120. The molecule has 114 valence electrons. The molecule has 2 aliphatic carbocycles. The first-order valence-corrected chi connectivity index (χ1v) is 7.30. The third-order valence-corrected chi connectivity index (χ3v) is 4.58. The van der Waals surface area contributed by atoms with E-state index in [1.54, 1.807) is 24.3 Å². The van der Waals surface area contributed by atoms with E-state index in [1.165, 1.54) is 6.92 Å². The Balaban J connectivity index is 1.80. The molecule has 0 heterocycles. The number of aliphatic carboxylic acids is 1. The van der Waals surface area contributed by atoms with Crippen LogP contribution in [-0.2, 0) is 9.59 Å². The van der Waals surface area contributed by atoms with Gasteiger partial charge in [0.05, 0.1) is 11.8 Å². The Morgan fingerprint density at radius 1 is 1.14 bits per heavy atom. The number of carbonyl (C=O) groups excluding carboxylic acids is 2. The maximum atomic E-state index is 12.5. The maximum Gasteiger partial charge on any atom is 0.307 e. The second-order valence-electron chi connectivity index (χ2n) is 5.96. The van der Waals surface area contributed by atoms with Crippen LogP contribution < -0.4 is 5.32 Å². The summed E-state index contributed by atoms with van der Waals surface area (Å²) in [5, 5.41) is 12.1. The Hall–Kier alpha value is -2.43. The van der Waals surface area contributed by atoms with Crippen LogP contribution in [0.4, 0.5) is 5.69 Å². The topological polar surface area (TPSA) is 83.5 Å². The van der Waals surface area contributed by atoms with Gasteiger partial charge in [-0.15, -0.1) is 0 Å². The summed E-state index contributed by atoms with van der Waals surface area (Å²) in [6.45, 7) is 1.46. The summed E-state index contributed by atoms with van der Waals surface area (Å²) >= 11 is 0. The Labute approximate surface area is 128 Å². The number of anilines is 1. The molecule has 2 bridgehead atoms. The van der Waals surface area contributed by atoms with Gasteiger partial charge in [0.2, 0.25) is 5.91 Å². The van der Waals surface area contributed by atoms with Gasteiger partial charge in [-0.1, -0.05) is 24.3 Å². The second-order valence-corrected chi connectivity index (χ2v) is 5.96. The second kappa shape index (κ2) is 5.40. The molecule has 1 saturated carbocycles. The van der Waals surface area contributed by atoms with Gasteiger partial charge in [0, 0.05) is 11.3 Å². The number of fused-ring (bicyclic) bond motifs is 2. The van der Waals surface area contributed by atoms with Gasteiger partial charge in [0.25, 0.3) is 0 Å². The fourth-order valence-corrected chi connectivity index (χ4v) is 3.56. The number of hydrogen-bond acceptors (Lipinski definition) is 3. The van der Waals surface area contributed by atoms with Gasteiger partial charge in [0.1, 0.15) is 0 Å². The van der Waals surface area contributed by atoms with Crippen molar-refractivity contribution in [1.29, 1.82) is 0 Å². The number of nitrogens with one attached hydrogen (secondary N) is 1. The molecule has 0 radical (unpaired) electrons. The zero-order valence-electron chi connectivity index (χ0n) is 12.2. The van der Waals surface area contributed by atoms with Crippen LogP contribution in [0.2, 0.25) is 0 Å². The normalized spacial score (nSPS) is 28.6. The van der Waals surface area contributed by atoms with Crippen molar-refractivity contribution in [2.24, 2.45) is 23.7 Å². The number of hydrogen-bond donors (Lipinski definition) is 2. The third-order valence-electron chi connectivity index (χ3n) is 4.58. The van der Waals surface area contributed by atoms with Gasteiger partial charge in [-0.3, -0.25) is 14.4 Å². The first-order chi connectivity index (χ1) is 10.5. The molecule has 0 unspecified atom stereocenters. The van der Waals surface area contributed by atoms with E-state index in [2.05, 4.69) is 5.32 Å². The molecular weight excluding hydrogens is 282 g/mol. The molecule has 1 aromatic carbocycles. The molecule has 0 aromatic heterocycles. The Morgan fingerprint density at radius 3 is 2.45 bits per heavy atom. The number of allylic oxidation sites excluding steroid dienone is 2. The van der Waals surface area contributed by atoms with Crippen LogP contribution in [0.5, 0.6) is 0 Å². The number of benzene rings is 1. The molecule has 22 heavy (non-hydrogen) atoms. The summed E-state index contributed by atoms with van der Waals surface area (Å²) in [6, 6.07) is 6.68. The monoisotopic (exact) mass is 299 g/mol. The molecule has 4 atom stereocenters. The average Bonchev–Trinajstić information content (AvgIpc) is 3.07. The number of Topliss-reactive ketones (excluding diaryl/α,β-unsaturated/α-hetero) is 1. The van der Waals surface area contributed by atoms with E-state index in [0.717, 1.165) is 6.42 Å². The van der Waals surface area contributed by atoms with Crippen molar-refractivity contribution in [3.05, 3.63) is 42.0 Å². The van der Waals surface area contributed by atoms with Gasteiger partial charge in [-0.2, -0.15) is 0 Å². The van der Waals surface area contributed by atoms with Gasteiger partial charge in [-0.05, 0) is 37.3 Å². The summed E-state index contributed by atoms with van der Waals surface area (Å²) in [4.78, 5) is 35.3. The van der Waals surface area contributed by atoms with Crippen molar-refractivity contribution in [2.75, 3.05) is 5.32 Å². The lowest BCUT2D eigenvalue weighted by molar-refractivity contribution is -0.146. The zero-order chi connectivity index (χ0) is 15.9. The molecule has 1 aromatic rings. The zero-order valence-corrected chi connectivity index (χ0v) is 12.2. The highest BCUT2D eigenvalue weighted by Gasteiger charge is 2.51. The lowest BCUT2D eigenvalue weighted by atomic mass is 9.82. The van der Waals surface area contributed by atoms with E-state index in [1.807, 2.05) is 12.2 Å². The number of ketones is 1. The predicted molar refractivity (Wildman–Crippen MR) is 80.4 cm³/mol. The lowest BCUT2D eigenvalue weighted by Crippen LogP contribution is -2.36. The van der Waals surface area contributed by atoms with E-state index >= 15 is 0 Å². The van der Waals surface area contributed by atoms with Crippen LogP contribution in [0.1, 0.15) is 23.7 Å². The molecule has 2 aliphatic rings. The van der Waals surface area contributed by atoms with Crippen molar-refractivity contribution in [3.63, 3.8) is 0 Å². The van der Waals surface area contributed by atoms with Crippen LogP contribution in [0, 0.1) is 23.7 Å². The van der Waals surface area contributed by atoms with Crippen molar-refractivity contribution >= 4 is 23.3 Å². The Kier molecular flexibility index (Phi) is 3.56. The summed E-state index contributed by atoms with van der Waals surface area (Å²) in [6.07, 6.45) is 4.58. The smallest absolute Gasteiger partial charge is 0.307 e.